The van der Waals surface area contributed by atoms with Crippen molar-refractivity contribution < 1.29 is 5.11 Å². The number of benzene rings is 2. The zero-order chi connectivity index (χ0) is 13.3. The van der Waals surface area contributed by atoms with Crippen LogP contribution in [0, 0.1) is 6.92 Å². The van der Waals surface area contributed by atoms with E-state index in [2.05, 4.69) is 0 Å². The van der Waals surface area contributed by atoms with E-state index in [0.29, 0.717) is 10.0 Å². The Kier molecular flexibility index (Phi) is 3.67. The van der Waals surface area contributed by atoms with E-state index < -0.39 is 5.60 Å². The van der Waals surface area contributed by atoms with Crippen LogP contribution >= 0.6 is 23.2 Å². The molecule has 1 N–H and O–H groups in total. The second kappa shape index (κ2) is 4.93. The monoisotopic (exact) mass is 280 g/mol. The summed E-state index contributed by atoms with van der Waals surface area (Å²) in [6.07, 6.45) is 0. The summed E-state index contributed by atoms with van der Waals surface area (Å²) in [5, 5.41) is 11.7. The number of aliphatic hydroxyl groups is 1. The molecule has 1 nitrogen and oxygen atoms in total. The van der Waals surface area contributed by atoms with Gasteiger partial charge in [-0.15, -0.1) is 0 Å². The Balaban J connectivity index is 2.54. The number of rotatable bonds is 2. The maximum absolute atomic E-state index is 10.8. The molecule has 0 aromatic heterocycles. The average Bonchev–Trinajstić information content (AvgIpc) is 2.33. The first-order valence-corrected chi connectivity index (χ1v) is 6.42. The third kappa shape index (κ3) is 2.39. The van der Waals surface area contributed by atoms with Gasteiger partial charge < -0.3 is 5.11 Å². The fourth-order valence-corrected chi connectivity index (χ4v) is 2.37. The zero-order valence-electron chi connectivity index (χ0n) is 10.2. The van der Waals surface area contributed by atoms with Crippen LogP contribution in [-0.4, -0.2) is 5.11 Å². The van der Waals surface area contributed by atoms with Gasteiger partial charge >= 0.3 is 0 Å². The van der Waals surface area contributed by atoms with E-state index in [1.54, 1.807) is 25.1 Å². The molecule has 1 unspecified atom stereocenters. The van der Waals surface area contributed by atoms with Crippen molar-refractivity contribution >= 4 is 23.2 Å². The summed E-state index contributed by atoms with van der Waals surface area (Å²) in [6, 6.07) is 12.9. The summed E-state index contributed by atoms with van der Waals surface area (Å²) in [5.41, 5.74) is 1.54. The Labute approximate surface area is 117 Å². The standard InChI is InChI=1S/C15H14Cl2O/c1-10-5-3-4-6-12(10)15(2,18)11-7-8-13(16)14(17)9-11/h3-9,18H,1-2H3. The molecular formula is C15H14Cl2O. The highest BCUT2D eigenvalue weighted by atomic mass is 35.5. The highest BCUT2D eigenvalue weighted by Crippen LogP contribution is 2.34. The van der Waals surface area contributed by atoms with Crippen LogP contribution in [0.15, 0.2) is 42.5 Å². The second-order valence-corrected chi connectivity index (χ2v) is 5.33. The van der Waals surface area contributed by atoms with Crippen molar-refractivity contribution in [2.45, 2.75) is 19.4 Å². The summed E-state index contributed by atoms with van der Waals surface area (Å²) in [4.78, 5) is 0. The Morgan fingerprint density at radius 1 is 1.00 bits per heavy atom. The van der Waals surface area contributed by atoms with E-state index in [0.717, 1.165) is 16.7 Å². The molecule has 0 bridgehead atoms. The molecule has 0 aliphatic rings. The van der Waals surface area contributed by atoms with Crippen LogP contribution in [0.2, 0.25) is 10.0 Å². The molecule has 0 spiro atoms. The molecule has 0 radical (unpaired) electrons. The van der Waals surface area contributed by atoms with Gasteiger partial charge in [-0.25, -0.2) is 0 Å². The van der Waals surface area contributed by atoms with Gasteiger partial charge in [0.1, 0.15) is 5.60 Å². The molecule has 0 saturated heterocycles. The van der Waals surface area contributed by atoms with Gasteiger partial charge in [0.2, 0.25) is 0 Å². The third-order valence-corrected chi connectivity index (χ3v) is 3.89. The minimum atomic E-state index is -1.08. The molecule has 0 aliphatic heterocycles. The van der Waals surface area contributed by atoms with Gasteiger partial charge in [0.15, 0.2) is 0 Å². The van der Waals surface area contributed by atoms with Crippen molar-refractivity contribution in [1.29, 1.82) is 0 Å². The first-order valence-electron chi connectivity index (χ1n) is 5.67. The molecule has 2 aromatic rings. The number of hydrogen-bond acceptors (Lipinski definition) is 1. The fourth-order valence-electron chi connectivity index (χ4n) is 2.07. The lowest BCUT2D eigenvalue weighted by Crippen LogP contribution is -2.23. The maximum Gasteiger partial charge on any atom is 0.112 e. The molecule has 0 aliphatic carbocycles. The predicted octanol–water partition coefficient (Wildman–Crippen LogP) is 4.56. The lowest BCUT2D eigenvalue weighted by molar-refractivity contribution is 0.102. The summed E-state index contributed by atoms with van der Waals surface area (Å²) < 4.78 is 0. The molecule has 2 aromatic carbocycles. The molecule has 0 saturated carbocycles. The minimum absolute atomic E-state index is 0.447. The Bertz CT molecular complexity index is 576. The van der Waals surface area contributed by atoms with Gasteiger partial charge in [-0.2, -0.15) is 0 Å². The van der Waals surface area contributed by atoms with Crippen molar-refractivity contribution in [3.05, 3.63) is 69.2 Å². The molecule has 0 fully saturated rings. The van der Waals surface area contributed by atoms with Crippen molar-refractivity contribution in [2.24, 2.45) is 0 Å². The van der Waals surface area contributed by atoms with Gasteiger partial charge in [-0.3, -0.25) is 0 Å². The van der Waals surface area contributed by atoms with Crippen LogP contribution in [0.3, 0.4) is 0 Å². The van der Waals surface area contributed by atoms with Gasteiger partial charge in [0, 0.05) is 0 Å². The van der Waals surface area contributed by atoms with Crippen molar-refractivity contribution in [1.82, 2.24) is 0 Å². The molecule has 18 heavy (non-hydrogen) atoms. The Morgan fingerprint density at radius 2 is 1.67 bits per heavy atom. The van der Waals surface area contributed by atoms with Crippen LogP contribution in [0.5, 0.6) is 0 Å². The first-order chi connectivity index (χ1) is 8.43. The van der Waals surface area contributed by atoms with Crippen molar-refractivity contribution in [2.75, 3.05) is 0 Å². The summed E-state index contributed by atoms with van der Waals surface area (Å²) in [7, 11) is 0. The largest absolute Gasteiger partial charge is 0.381 e. The smallest absolute Gasteiger partial charge is 0.112 e. The van der Waals surface area contributed by atoms with Crippen molar-refractivity contribution in [3.63, 3.8) is 0 Å². The normalized spacial score (nSPS) is 14.3. The second-order valence-electron chi connectivity index (χ2n) is 4.52. The van der Waals surface area contributed by atoms with Crippen LogP contribution in [0.25, 0.3) is 0 Å². The summed E-state index contributed by atoms with van der Waals surface area (Å²) in [5.74, 6) is 0. The lowest BCUT2D eigenvalue weighted by Gasteiger charge is -2.26. The van der Waals surface area contributed by atoms with Crippen molar-refractivity contribution in [3.8, 4) is 0 Å². The summed E-state index contributed by atoms with van der Waals surface area (Å²) >= 11 is 11.9. The van der Waals surface area contributed by atoms with Crippen LogP contribution in [-0.2, 0) is 5.60 Å². The SMILES string of the molecule is Cc1ccccc1C(C)(O)c1ccc(Cl)c(Cl)c1. The lowest BCUT2D eigenvalue weighted by atomic mass is 9.86. The van der Waals surface area contributed by atoms with E-state index in [1.807, 2.05) is 31.2 Å². The fraction of sp³-hybridized carbons (Fsp3) is 0.200. The number of aryl methyl sites for hydroxylation is 1. The third-order valence-electron chi connectivity index (χ3n) is 3.15. The van der Waals surface area contributed by atoms with Gasteiger partial charge in [0.25, 0.3) is 0 Å². The van der Waals surface area contributed by atoms with Gasteiger partial charge in [0.05, 0.1) is 10.0 Å². The summed E-state index contributed by atoms with van der Waals surface area (Å²) in [6.45, 7) is 3.73. The highest BCUT2D eigenvalue weighted by molar-refractivity contribution is 6.42. The molecule has 0 heterocycles. The van der Waals surface area contributed by atoms with Crippen LogP contribution in [0.1, 0.15) is 23.6 Å². The quantitative estimate of drug-likeness (QED) is 0.855. The molecule has 1 atom stereocenters. The van der Waals surface area contributed by atoms with E-state index in [9.17, 15) is 5.11 Å². The molecule has 2 rings (SSSR count). The number of hydrogen-bond donors (Lipinski definition) is 1. The van der Waals surface area contributed by atoms with Crippen LogP contribution in [0.4, 0.5) is 0 Å². The first kappa shape index (κ1) is 13.4. The highest BCUT2D eigenvalue weighted by Gasteiger charge is 2.27. The zero-order valence-corrected chi connectivity index (χ0v) is 11.8. The molecule has 3 heteroatoms. The Morgan fingerprint density at radius 3 is 2.28 bits per heavy atom. The van der Waals surface area contributed by atoms with E-state index in [4.69, 9.17) is 23.2 Å². The maximum atomic E-state index is 10.8. The van der Waals surface area contributed by atoms with Crippen LogP contribution < -0.4 is 0 Å². The number of halogens is 2. The minimum Gasteiger partial charge on any atom is -0.381 e. The molecule has 94 valence electrons. The van der Waals surface area contributed by atoms with Gasteiger partial charge in [-0.05, 0) is 42.7 Å². The molecule has 0 amide bonds. The topological polar surface area (TPSA) is 20.2 Å². The molecular weight excluding hydrogens is 267 g/mol. The predicted molar refractivity (Wildman–Crippen MR) is 76.3 cm³/mol. The van der Waals surface area contributed by atoms with Gasteiger partial charge in [-0.1, -0.05) is 53.5 Å². The average molecular weight is 281 g/mol. The van der Waals surface area contributed by atoms with E-state index in [-0.39, 0.29) is 0 Å². The van der Waals surface area contributed by atoms with E-state index in [1.165, 1.54) is 0 Å². The Hall–Kier alpha value is -1.02. The van der Waals surface area contributed by atoms with E-state index >= 15 is 0 Å².